The molecule has 1 saturated heterocycles. The average molecular weight is 247 g/mol. The molecule has 1 aromatic rings. The Labute approximate surface area is 111 Å². The summed E-state index contributed by atoms with van der Waals surface area (Å²) in [4.78, 5) is 0. The normalized spacial score (nSPS) is 19.8. The summed E-state index contributed by atoms with van der Waals surface area (Å²) >= 11 is 0. The van der Waals surface area contributed by atoms with Gasteiger partial charge in [-0.25, -0.2) is 0 Å². The molecule has 2 rings (SSSR count). The van der Waals surface area contributed by atoms with E-state index in [9.17, 15) is 0 Å². The second-order valence-electron chi connectivity index (χ2n) is 5.43. The highest BCUT2D eigenvalue weighted by molar-refractivity contribution is 5.43. The van der Waals surface area contributed by atoms with Gasteiger partial charge in [0, 0.05) is 0 Å². The lowest BCUT2D eigenvalue weighted by Gasteiger charge is -2.23. The lowest BCUT2D eigenvalue weighted by molar-refractivity contribution is 0.358. The Morgan fingerprint density at radius 2 is 2.11 bits per heavy atom. The minimum absolute atomic E-state index is 0.862. The van der Waals surface area contributed by atoms with Crippen LogP contribution in [0.4, 0.5) is 0 Å². The first-order valence-electron chi connectivity index (χ1n) is 7.06. The summed E-state index contributed by atoms with van der Waals surface area (Å²) in [7, 11) is 1.75. The highest BCUT2D eigenvalue weighted by Gasteiger charge is 2.14. The van der Waals surface area contributed by atoms with Gasteiger partial charge in [-0.05, 0) is 81.3 Å². The number of nitrogens with one attached hydrogen (secondary N) is 1. The third-order valence-corrected chi connectivity index (χ3v) is 4.29. The van der Waals surface area contributed by atoms with E-state index in [1.807, 2.05) is 0 Å². The van der Waals surface area contributed by atoms with Gasteiger partial charge in [0.15, 0.2) is 0 Å². The molecule has 0 aliphatic carbocycles. The van der Waals surface area contributed by atoms with Crippen molar-refractivity contribution in [3.63, 3.8) is 0 Å². The van der Waals surface area contributed by atoms with Crippen molar-refractivity contribution in [3.05, 3.63) is 28.8 Å². The second kappa shape index (κ2) is 6.24. The molecule has 0 spiro atoms. The Kier molecular flexibility index (Phi) is 4.65. The summed E-state index contributed by atoms with van der Waals surface area (Å²) in [6.07, 6.45) is 5.23. The van der Waals surface area contributed by atoms with E-state index in [1.165, 1.54) is 55.5 Å². The molecule has 1 aliphatic rings. The molecule has 1 aliphatic heterocycles. The molecule has 18 heavy (non-hydrogen) atoms. The first-order valence-corrected chi connectivity index (χ1v) is 7.06. The van der Waals surface area contributed by atoms with Gasteiger partial charge in [-0.3, -0.25) is 0 Å². The highest BCUT2D eigenvalue weighted by atomic mass is 16.5. The summed E-state index contributed by atoms with van der Waals surface area (Å²) in [5, 5.41) is 3.50. The van der Waals surface area contributed by atoms with Crippen molar-refractivity contribution in [1.29, 1.82) is 0 Å². The fraction of sp³-hybridized carbons (Fsp3) is 0.625. The van der Waals surface area contributed by atoms with Crippen LogP contribution in [0.1, 0.15) is 36.0 Å². The number of benzene rings is 1. The lowest BCUT2D eigenvalue weighted by atomic mass is 9.90. The van der Waals surface area contributed by atoms with E-state index in [-0.39, 0.29) is 0 Å². The van der Waals surface area contributed by atoms with Crippen LogP contribution in [0.5, 0.6) is 5.75 Å². The zero-order chi connectivity index (χ0) is 13.0. The van der Waals surface area contributed by atoms with Crippen LogP contribution in [-0.4, -0.2) is 20.2 Å². The molecule has 2 heteroatoms. The molecule has 1 fully saturated rings. The first-order chi connectivity index (χ1) is 8.72. The van der Waals surface area contributed by atoms with Crippen molar-refractivity contribution in [2.75, 3.05) is 20.2 Å². The van der Waals surface area contributed by atoms with Gasteiger partial charge in [0.25, 0.3) is 0 Å². The van der Waals surface area contributed by atoms with Gasteiger partial charge in [-0.15, -0.1) is 0 Å². The van der Waals surface area contributed by atoms with Crippen molar-refractivity contribution in [2.45, 2.75) is 39.5 Å². The average Bonchev–Trinajstić information content (AvgIpc) is 2.42. The number of piperidine rings is 1. The van der Waals surface area contributed by atoms with Crippen molar-refractivity contribution in [1.82, 2.24) is 5.32 Å². The van der Waals surface area contributed by atoms with E-state index < -0.39 is 0 Å². The van der Waals surface area contributed by atoms with Crippen molar-refractivity contribution < 1.29 is 4.74 Å². The maximum absolute atomic E-state index is 5.37. The first kappa shape index (κ1) is 13.4. The van der Waals surface area contributed by atoms with Crippen LogP contribution in [0.25, 0.3) is 0 Å². The maximum atomic E-state index is 5.37. The molecule has 0 bridgehead atoms. The molecule has 1 unspecified atom stereocenters. The number of hydrogen-bond donors (Lipinski definition) is 1. The summed E-state index contributed by atoms with van der Waals surface area (Å²) in [5.41, 5.74) is 4.17. The monoisotopic (exact) mass is 247 g/mol. The molecule has 1 atom stereocenters. The van der Waals surface area contributed by atoms with E-state index in [2.05, 4.69) is 31.3 Å². The van der Waals surface area contributed by atoms with E-state index in [1.54, 1.807) is 7.11 Å². The molecule has 1 aromatic carbocycles. The fourth-order valence-electron chi connectivity index (χ4n) is 2.87. The molecule has 0 saturated carbocycles. The quantitative estimate of drug-likeness (QED) is 0.882. The summed E-state index contributed by atoms with van der Waals surface area (Å²) in [6, 6.07) is 4.34. The maximum Gasteiger partial charge on any atom is 0.122 e. The van der Waals surface area contributed by atoms with Gasteiger partial charge in [0.1, 0.15) is 5.75 Å². The second-order valence-corrected chi connectivity index (χ2v) is 5.43. The number of aryl methyl sites for hydroxylation is 1. The number of rotatable bonds is 4. The minimum Gasteiger partial charge on any atom is -0.496 e. The number of methoxy groups -OCH3 is 1. The van der Waals surface area contributed by atoms with Gasteiger partial charge >= 0.3 is 0 Å². The Morgan fingerprint density at radius 1 is 1.28 bits per heavy atom. The van der Waals surface area contributed by atoms with Crippen LogP contribution in [0.2, 0.25) is 0 Å². The van der Waals surface area contributed by atoms with Gasteiger partial charge in [0.2, 0.25) is 0 Å². The topological polar surface area (TPSA) is 21.3 Å². The van der Waals surface area contributed by atoms with Crippen LogP contribution in [-0.2, 0) is 6.42 Å². The molecule has 100 valence electrons. The molecule has 0 amide bonds. The van der Waals surface area contributed by atoms with E-state index in [0.717, 1.165) is 11.7 Å². The Hall–Kier alpha value is -1.02. The van der Waals surface area contributed by atoms with E-state index in [0.29, 0.717) is 0 Å². The molecule has 2 nitrogen and oxygen atoms in total. The molecule has 0 radical (unpaired) electrons. The smallest absolute Gasteiger partial charge is 0.122 e. The zero-order valence-electron chi connectivity index (χ0n) is 11.9. The van der Waals surface area contributed by atoms with E-state index in [4.69, 9.17) is 4.74 Å². The predicted octanol–water partition coefficient (Wildman–Crippen LogP) is 3.24. The molecule has 0 aromatic heterocycles. The van der Waals surface area contributed by atoms with E-state index >= 15 is 0 Å². The molecule has 1 heterocycles. The highest BCUT2D eigenvalue weighted by Crippen LogP contribution is 2.26. The predicted molar refractivity (Wildman–Crippen MR) is 76.4 cm³/mol. The van der Waals surface area contributed by atoms with Crippen molar-refractivity contribution in [2.24, 2.45) is 5.92 Å². The SMILES string of the molecule is COc1ccc(CCC2CCCNC2)c(C)c1C. The van der Waals surface area contributed by atoms with Crippen molar-refractivity contribution in [3.8, 4) is 5.75 Å². The largest absolute Gasteiger partial charge is 0.496 e. The Balaban J connectivity index is 1.98. The summed E-state index contributed by atoms with van der Waals surface area (Å²) in [5.74, 6) is 1.87. The Morgan fingerprint density at radius 3 is 2.78 bits per heavy atom. The number of ether oxygens (including phenoxy) is 1. The van der Waals surface area contributed by atoms with Crippen LogP contribution < -0.4 is 10.1 Å². The van der Waals surface area contributed by atoms with Gasteiger partial charge in [0.05, 0.1) is 7.11 Å². The lowest BCUT2D eigenvalue weighted by Crippen LogP contribution is -2.29. The summed E-state index contributed by atoms with van der Waals surface area (Å²) < 4.78 is 5.37. The fourth-order valence-corrected chi connectivity index (χ4v) is 2.87. The van der Waals surface area contributed by atoms with Gasteiger partial charge in [-0.1, -0.05) is 6.07 Å². The van der Waals surface area contributed by atoms with Gasteiger partial charge < -0.3 is 10.1 Å². The molecular formula is C16H25NO. The Bertz CT molecular complexity index is 394. The third kappa shape index (κ3) is 3.05. The van der Waals surface area contributed by atoms with Crippen LogP contribution in [0.3, 0.4) is 0 Å². The molecule has 1 N–H and O–H groups in total. The zero-order valence-corrected chi connectivity index (χ0v) is 11.9. The standard InChI is InChI=1S/C16H25NO/c1-12-13(2)16(18-3)9-8-15(12)7-6-14-5-4-10-17-11-14/h8-9,14,17H,4-7,10-11H2,1-3H3. The van der Waals surface area contributed by atoms with Gasteiger partial charge in [-0.2, -0.15) is 0 Å². The molecular weight excluding hydrogens is 222 g/mol. The van der Waals surface area contributed by atoms with Crippen LogP contribution in [0, 0.1) is 19.8 Å². The third-order valence-electron chi connectivity index (χ3n) is 4.29. The van der Waals surface area contributed by atoms with Crippen LogP contribution >= 0.6 is 0 Å². The van der Waals surface area contributed by atoms with Crippen LogP contribution in [0.15, 0.2) is 12.1 Å². The summed E-state index contributed by atoms with van der Waals surface area (Å²) in [6.45, 7) is 6.78. The minimum atomic E-state index is 0.862. The van der Waals surface area contributed by atoms with Crippen molar-refractivity contribution >= 4 is 0 Å². The number of hydrogen-bond acceptors (Lipinski definition) is 2.